The molecule has 0 rings (SSSR count). The molecule has 122 valence electrons. The highest BCUT2D eigenvalue weighted by Crippen LogP contribution is 2.02. The Balaban J connectivity index is -0.000000516. The van der Waals surface area contributed by atoms with Crippen molar-refractivity contribution in [3.63, 3.8) is 0 Å². The number of hydrogen-bond donors (Lipinski definition) is 0. The van der Waals surface area contributed by atoms with Crippen LogP contribution in [-0.2, 0) is 4.79 Å². The lowest BCUT2D eigenvalue weighted by Gasteiger charge is -1.94. The summed E-state index contributed by atoms with van der Waals surface area (Å²) in [6.45, 7) is 20.1. The standard InChI is InChI=1S/C15H20O.C4H6.C2H6/c1-5-7-8-9-10-14(4)15(16)12-11-13(3)6-2;1-3-4-2;1-2/h5-8,10-12H,1,9H2,2-4H3;3-4H,1-2H2;1-2H3/b8-7?,12-11+,13-6+,14-10+;;. The summed E-state index contributed by atoms with van der Waals surface area (Å²) in [4.78, 5) is 11.6. The molecule has 0 unspecified atom stereocenters. The SMILES string of the molecule is C=CC=C.C=CC=CC/C=C(\C)C(=O)/C=C/C(C)=C/C.CC. The zero-order valence-corrected chi connectivity index (χ0v) is 14.9. The van der Waals surface area contributed by atoms with Crippen LogP contribution in [0.25, 0.3) is 0 Å². The van der Waals surface area contributed by atoms with Crippen LogP contribution < -0.4 is 0 Å². The third-order valence-electron chi connectivity index (χ3n) is 2.34. The zero-order chi connectivity index (χ0) is 17.8. The summed E-state index contributed by atoms with van der Waals surface area (Å²) in [6, 6.07) is 0. The fraction of sp³-hybridized carbons (Fsp3) is 0.286. The van der Waals surface area contributed by atoms with Crippen LogP contribution in [0, 0.1) is 0 Å². The van der Waals surface area contributed by atoms with Crippen LogP contribution in [0.4, 0.5) is 0 Å². The summed E-state index contributed by atoms with van der Waals surface area (Å²) in [5, 5.41) is 0. The van der Waals surface area contributed by atoms with Crippen molar-refractivity contribution in [3.05, 3.63) is 85.6 Å². The lowest BCUT2D eigenvalue weighted by molar-refractivity contribution is -0.111. The average molecular weight is 300 g/mol. The Morgan fingerprint density at radius 1 is 0.955 bits per heavy atom. The van der Waals surface area contributed by atoms with Gasteiger partial charge in [0, 0.05) is 0 Å². The smallest absolute Gasteiger partial charge is 0.181 e. The van der Waals surface area contributed by atoms with Gasteiger partial charge in [0.1, 0.15) is 0 Å². The predicted molar refractivity (Wildman–Crippen MR) is 103 cm³/mol. The van der Waals surface area contributed by atoms with Crippen molar-refractivity contribution in [2.75, 3.05) is 0 Å². The van der Waals surface area contributed by atoms with Gasteiger partial charge in [0.25, 0.3) is 0 Å². The van der Waals surface area contributed by atoms with Crippen molar-refractivity contribution >= 4 is 5.78 Å². The molecule has 0 aliphatic heterocycles. The summed E-state index contributed by atoms with van der Waals surface area (Å²) >= 11 is 0. The van der Waals surface area contributed by atoms with Crippen LogP contribution in [0.1, 0.15) is 41.0 Å². The van der Waals surface area contributed by atoms with Crippen LogP contribution >= 0.6 is 0 Å². The Morgan fingerprint density at radius 3 is 1.91 bits per heavy atom. The van der Waals surface area contributed by atoms with E-state index in [4.69, 9.17) is 0 Å². The summed E-state index contributed by atoms with van der Waals surface area (Å²) < 4.78 is 0. The fourth-order valence-electron chi connectivity index (χ4n) is 0.955. The highest BCUT2D eigenvalue weighted by atomic mass is 16.1. The van der Waals surface area contributed by atoms with Crippen molar-refractivity contribution in [3.8, 4) is 0 Å². The first-order valence-corrected chi connectivity index (χ1v) is 7.56. The van der Waals surface area contributed by atoms with Gasteiger partial charge in [-0.3, -0.25) is 4.79 Å². The van der Waals surface area contributed by atoms with Crippen LogP contribution in [0.3, 0.4) is 0 Å². The van der Waals surface area contributed by atoms with Gasteiger partial charge in [0.05, 0.1) is 0 Å². The molecule has 0 atom stereocenters. The minimum Gasteiger partial charge on any atom is -0.290 e. The van der Waals surface area contributed by atoms with Gasteiger partial charge in [-0.15, -0.1) is 0 Å². The van der Waals surface area contributed by atoms with Crippen LogP contribution in [0.2, 0.25) is 0 Å². The Kier molecular flexibility index (Phi) is 23.9. The molecule has 0 amide bonds. The van der Waals surface area contributed by atoms with E-state index < -0.39 is 0 Å². The second kappa shape index (κ2) is 21.2. The Hall–Kier alpha value is -2.15. The Labute approximate surface area is 137 Å². The van der Waals surface area contributed by atoms with E-state index in [9.17, 15) is 4.79 Å². The van der Waals surface area contributed by atoms with Crippen LogP contribution in [0.15, 0.2) is 85.6 Å². The number of carbonyl (C=O) groups excluding carboxylic acids is 1. The molecule has 22 heavy (non-hydrogen) atoms. The van der Waals surface area contributed by atoms with Gasteiger partial charge in [-0.25, -0.2) is 0 Å². The minimum atomic E-state index is 0.0632. The molecule has 0 heterocycles. The first-order chi connectivity index (χ1) is 10.5. The number of ketones is 1. The molecule has 0 aromatic carbocycles. The summed E-state index contributed by atoms with van der Waals surface area (Å²) in [7, 11) is 0. The second-order valence-corrected chi connectivity index (χ2v) is 3.99. The normalized spacial score (nSPS) is 11.1. The van der Waals surface area contributed by atoms with E-state index in [0.717, 1.165) is 17.6 Å². The third-order valence-corrected chi connectivity index (χ3v) is 2.34. The highest BCUT2D eigenvalue weighted by molar-refractivity contribution is 6.03. The summed E-state index contributed by atoms with van der Waals surface area (Å²) in [5.74, 6) is 0.0632. The van der Waals surface area contributed by atoms with Gasteiger partial charge in [-0.2, -0.15) is 0 Å². The number of allylic oxidation sites excluding steroid dienone is 11. The first kappa shape index (κ1) is 24.8. The summed E-state index contributed by atoms with van der Waals surface area (Å²) in [6.07, 6.45) is 16.9. The van der Waals surface area contributed by atoms with Crippen molar-refractivity contribution in [2.24, 2.45) is 0 Å². The maximum atomic E-state index is 11.6. The van der Waals surface area contributed by atoms with E-state index in [1.807, 2.05) is 65.0 Å². The molecule has 0 aliphatic rings. The van der Waals surface area contributed by atoms with Gasteiger partial charge in [0.15, 0.2) is 5.78 Å². The molecular formula is C21H32O. The van der Waals surface area contributed by atoms with Crippen molar-refractivity contribution < 1.29 is 4.79 Å². The maximum absolute atomic E-state index is 11.6. The van der Waals surface area contributed by atoms with E-state index in [2.05, 4.69) is 19.7 Å². The van der Waals surface area contributed by atoms with E-state index in [0.29, 0.717) is 0 Å². The van der Waals surface area contributed by atoms with Gasteiger partial charge in [-0.05, 0) is 38.8 Å². The number of carbonyl (C=O) groups is 1. The van der Waals surface area contributed by atoms with E-state index in [-0.39, 0.29) is 5.78 Å². The zero-order valence-electron chi connectivity index (χ0n) is 14.9. The lowest BCUT2D eigenvalue weighted by Crippen LogP contribution is -1.93. The largest absolute Gasteiger partial charge is 0.290 e. The molecule has 0 N–H and O–H groups in total. The average Bonchev–Trinajstić information content (AvgIpc) is 2.57. The van der Waals surface area contributed by atoms with E-state index in [1.54, 1.807) is 24.3 Å². The number of rotatable bonds is 7. The molecule has 0 radical (unpaired) electrons. The topological polar surface area (TPSA) is 17.1 Å². The Morgan fingerprint density at radius 2 is 1.50 bits per heavy atom. The van der Waals surface area contributed by atoms with E-state index >= 15 is 0 Å². The molecule has 0 bridgehead atoms. The van der Waals surface area contributed by atoms with Crippen molar-refractivity contribution in [1.82, 2.24) is 0 Å². The highest BCUT2D eigenvalue weighted by Gasteiger charge is 1.97. The molecule has 1 heteroatoms. The van der Waals surface area contributed by atoms with Crippen molar-refractivity contribution in [1.29, 1.82) is 0 Å². The molecule has 0 saturated carbocycles. The van der Waals surface area contributed by atoms with Gasteiger partial charge >= 0.3 is 0 Å². The molecule has 0 aliphatic carbocycles. The molecule has 0 fully saturated rings. The van der Waals surface area contributed by atoms with E-state index in [1.165, 1.54) is 0 Å². The molecule has 0 saturated heterocycles. The van der Waals surface area contributed by atoms with Gasteiger partial charge < -0.3 is 0 Å². The van der Waals surface area contributed by atoms with Gasteiger partial charge in [0.2, 0.25) is 0 Å². The minimum absolute atomic E-state index is 0.0632. The maximum Gasteiger partial charge on any atom is 0.181 e. The monoisotopic (exact) mass is 300 g/mol. The Bertz CT molecular complexity index is 423. The van der Waals surface area contributed by atoms with Crippen LogP contribution in [0.5, 0.6) is 0 Å². The molecule has 0 aromatic rings. The van der Waals surface area contributed by atoms with Gasteiger partial charge in [-0.1, -0.05) is 87.8 Å². The first-order valence-electron chi connectivity index (χ1n) is 7.56. The quantitative estimate of drug-likeness (QED) is 0.385. The molecule has 0 aromatic heterocycles. The summed E-state index contributed by atoms with van der Waals surface area (Å²) in [5.41, 5.74) is 1.86. The molecular weight excluding hydrogens is 268 g/mol. The lowest BCUT2D eigenvalue weighted by atomic mass is 10.1. The molecule has 0 spiro atoms. The van der Waals surface area contributed by atoms with Crippen LogP contribution in [-0.4, -0.2) is 5.78 Å². The fourth-order valence-corrected chi connectivity index (χ4v) is 0.955. The predicted octanol–water partition coefficient (Wildman–Crippen LogP) is 6.54. The number of hydrogen-bond acceptors (Lipinski definition) is 1. The second-order valence-electron chi connectivity index (χ2n) is 3.99. The molecule has 1 nitrogen and oxygen atoms in total. The van der Waals surface area contributed by atoms with Crippen molar-refractivity contribution in [2.45, 2.75) is 41.0 Å². The third kappa shape index (κ3) is 20.2.